The average molecular weight is 221 g/mol. The molecule has 0 saturated heterocycles. The molecule has 1 aromatic carbocycles. The van der Waals surface area contributed by atoms with E-state index in [9.17, 15) is 9.90 Å². The van der Waals surface area contributed by atoms with Crippen molar-refractivity contribution in [2.24, 2.45) is 5.73 Å². The summed E-state index contributed by atoms with van der Waals surface area (Å²) < 4.78 is 4.91. The van der Waals surface area contributed by atoms with Gasteiger partial charge in [-0.25, -0.2) is 4.79 Å². The molecule has 3 N–H and O–H groups in total. The van der Waals surface area contributed by atoms with E-state index in [1.807, 2.05) is 0 Å². The monoisotopic (exact) mass is 221 g/mol. The topological polar surface area (TPSA) is 72.5 Å². The lowest BCUT2D eigenvalue weighted by Gasteiger charge is -2.08. The molecule has 2 atom stereocenters. The molecule has 0 amide bonds. The van der Waals surface area contributed by atoms with Gasteiger partial charge in [0.2, 0.25) is 0 Å². The summed E-state index contributed by atoms with van der Waals surface area (Å²) in [5.74, 6) is -0.333. The van der Waals surface area contributed by atoms with Crippen molar-refractivity contribution in [1.82, 2.24) is 0 Å². The van der Waals surface area contributed by atoms with Crippen LogP contribution in [-0.2, 0) is 11.2 Å². The summed E-state index contributed by atoms with van der Waals surface area (Å²) >= 11 is 0. The number of rotatable bonds is 2. The van der Waals surface area contributed by atoms with E-state index in [1.54, 1.807) is 25.1 Å². The van der Waals surface area contributed by atoms with Crippen LogP contribution in [0.15, 0.2) is 18.2 Å². The SMILES string of the molecule is CCOC(=O)c1ccc2c(c1)C[C@@H](O)[C@@H]2N. The van der Waals surface area contributed by atoms with E-state index in [0.29, 0.717) is 18.6 Å². The molecule has 0 spiro atoms. The van der Waals surface area contributed by atoms with Gasteiger partial charge in [0.1, 0.15) is 0 Å². The number of hydrogen-bond donors (Lipinski definition) is 2. The summed E-state index contributed by atoms with van der Waals surface area (Å²) in [5, 5.41) is 9.61. The fraction of sp³-hybridized carbons (Fsp3) is 0.417. The lowest BCUT2D eigenvalue weighted by Crippen LogP contribution is -2.21. The third-order valence-corrected chi connectivity index (χ3v) is 2.86. The molecule has 0 saturated carbocycles. The van der Waals surface area contributed by atoms with E-state index in [1.165, 1.54) is 0 Å². The summed E-state index contributed by atoms with van der Waals surface area (Å²) in [5.41, 5.74) is 8.18. The van der Waals surface area contributed by atoms with Crippen LogP contribution in [0.1, 0.15) is 34.5 Å². The van der Waals surface area contributed by atoms with Crippen LogP contribution in [-0.4, -0.2) is 23.8 Å². The summed E-state index contributed by atoms with van der Waals surface area (Å²) in [6.45, 7) is 2.13. The number of carbonyl (C=O) groups is 1. The van der Waals surface area contributed by atoms with Gasteiger partial charge < -0.3 is 15.6 Å². The molecule has 0 aromatic heterocycles. The van der Waals surface area contributed by atoms with Gasteiger partial charge in [-0.15, -0.1) is 0 Å². The molecule has 1 aliphatic carbocycles. The van der Waals surface area contributed by atoms with Crippen LogP contribution in [0.5, 0.6) is 0 Å². The van der Waals surface area contributed by atoms with Crippen LogP contribution >= 0.6 is 0 Å². The van der Waals surface area contributed by atoms with Gasteiger partial charge in [0.05, 0.1) is 24.3 Å². The first-order valence-corrected chi connectivity index (χ1v) is 5.37. The molecule has 16 heavy (non-hydrogen) atoms. The maximum atomic E-state index is 11.5. The third kappa shape index (κ3) is 1.81. The second-order valence-corrected chi connectivity index (χ2v) is 3.93. The predicted octanol–water partition coefficient (Wildman–Crippen LogP) is 0.780. The molecular formula is C12H15NO3. The summed E-state index contributed by atoms with van der Waals surface area (Å²) in [7, 11) is 0. The number of fused-ring (bicyclic) bond motifs is 1. The zero-order valence-corrected chi connectivity index (χ0v) is 9.14. The molecule has 0 radical (unpaired) electrons. The Morgan fingerprint density at radius 3 is 3.06 bits per heavy atom. The number of aliphatic hydroxyl groups excluding tert-OH is 1. The molecule has 1 aliphatic rings. The van der Waals surface area contributed by atoms with Crippen molar-refractivity contribution < 1.29 is 14.6 Å². The van der Waals surface area contributed by atoms with E-state index >= 15 is 0 Å². The molecule has 4 heteroatoms. The largest absolute Gasteiger partial charge is 0.462 e. The lowest BCUT2D eigenvalue weighted by atomic mass is 10.1. The maximum Gasteiger partial charge on any atom is 0.338 e. The Balaban J connectivity index is 2.28. The van der Waals surface area contributed by atoms with Crippen molar-refractivity contribution in [1.29, 1.82) is 0 Å². The molecule has 2 rings (SSSR count). The van der Waals surface area contributed by atoms with Gasteiger partial charge in [-0.05, 0) is 30.2 Å². The fourth-order valence-electron chi connectivity index (χ4n) is 2.01. The highest BCUT2D eigenvalue weighted by Gasteiger charge is 2.28. The highest BCUT2D eigenvalue weighted by molar-refractivity contribution is 5.89. The van der Waals surface area contributed by atoms with E-state index in [-0.39, 0.29) is 12.0 Å². The van der Waals surface area contributed by atoms with Crippen LogP contribution in [0.4, 0.5) is 0 Å². The second kappa shape index (κ2) is 4.23. The first-order valence-electron chi connectivity index (χ1n) is 5.37. The minimum atomic E-state index is -0.549. The first kappa shape index (κ1) is 11.1. The molecule has 86 valence electrons. The predicted molar refractivity (Wildman–Crippen MR) is 59.0 cm³/mol. The van der Waals surface area contributed by atoms with Gasteiger partial charge in [0.15, 0.2) is 0 Å². The highest BCUT2D eigenvalue weighted by Crippen LogP contribution is 2.30. The standard InChI is InChI=1S/C12H15NO3/c1-2-16-12(15)7-3-4-9-8(5-7)6-10(14)11(9)13/h3-5,10-11,14H,2,6,13H2,1H3/t10-,11-/m1/s1. The number of nitrogens with two attached hydrogens (primary N) is 1. The van der Waals surface area contributed by atoms with Crippen LogP contribution in [0.3, 0.4) is 0 Å². The number of hydrogen-bond acceptors (Lipinski definition) is 4. The Labute approximate surface area is 94.0 Å². The summed E-state index contributed by atoms with van der Waals surface area (Å²) in [4.78, 5) is 11.5. The van der Waals surface area contributed by atoms with Gasteiger partial charge in [-0.2, -0.15) is 0 Å². The average Bonchev–Trinajstić information content (AvgIpc) is 2.55. The smallest absolute Gasteiger partial charge is 0.338 e. The maximum absolute atomic E-state index is 11.5. The normalized spacial score (nSPS) is 22.9. The Kier molecular flexibility index (Phi) is 2.94. The molecule has 0 unspecified atom stereocenters. The molecule has 0 aliphatic heterocycles. The molecule has 0 fully saturated rings. The second-order valence-electron chi connectivity index (χ2n) is 3.93. The number of ether oxygens (including phenoxy) is 1. The van der Waals surface area contributed by atoms with E-state index < -0.39 is 6.10 Å². The van der Waals surface area contributed by atoms with Crippen LogP contribution < -0.4 is 5.73 Å². The molecule has 4 nitrogen and oxygen atoms in total. The fourth-order valence-corrected chi connectivity index (χ4v) is 2.01. The molecule has 0 heterocycles. The number of aliphatic hydroxyl groups is 1. The molecule has 0 bridgehead atoms. The zero-order chi connectivity index (χ0) is 11.7. The molecular weight excluding hydrogens is 206 g/mol. The van der Waals surface area contributed by atoms with E-state index in [0.717, 1.165) is 11.1 Å². The minimum Gasteiger partial charge on any atom is -0.462 e. The van der Waals surface area contributed by atoms with E-state index in [2.05, 4.69) is 0 Å². The highest BCUT2D eigenvalue weighted by atomic mass is 16.5. The van der Waals surface area contributed by atoms with Crippen molar-refractivity contribution in [3.05, 3.63) is 34.9 Å². The summed E-state index contributed by atoms with van der Waals surface area (Å²) in [6, 6.07) is 4.90. The Morgan fingerprint density at radius 1 is 1.62 bits per heavy atom. The van der Waals surface area contributed by atoms with Crippen molar-refractivity contribution in [2.45, 2.75) is 25.5 Å². The van der Waals surface area contributed by atoms with E-state index in [4.69, 9.17) is 10.5 Å². The molecule has 1 aromatic rings. The van der Waals surface area contributed by atoms with Crippen molar-refractivity contribution in [3.8, 4) is 0 Å². The van der Waals surface area contributed by atoms with Crippen LogP contribution in [0.25, 0.3) is 0 Å². The van der Waals surface area contributed by atoms with Crippen LogP contribution in [0, 0.1) is 0 Å². The minimum absolute atomic E-state index is 0.333. The zero-order valence-electron chi connectivity index (χ0n) is 9.14. The van der Waals surface area contributed by atoms with Gasteiger partial charge in [0.25, 0.3) is 0 Å². The van der Waals surface area contributed by atoms with Crippen molar-refractivity contribution in [2.75, 3.05) is 6.61 Å². The van der Waals surface area contributed by atoms with Crippen LogP contribution in [0.2, 0.25) is 0 Å². The van der Waals surface area contributed by atoms with Crippen molar-refractivity contribution >= 4 is 5.97 Å². The quantitative estimate of drug-likeness (QED) is 0.724. The number of esters is 1. The van der Waals surface area contributed by atoms with Gasteiger partial charge in [-0.1, -0.05) is 6.07 Å². The summed E-state index contributed by atoms with van der Waals surface area (Å²) in [6.07, 6.45) is -0.0449. The van der Waals surface area contributed by atoms with Gasteiger partial charge in [0, 0.05) is 6.42 Å². The Morgan fingerprint density at radius 2 is 2.38 bits per heavy atom. The Hall–Kier alpha value is -1.39. The van der Waals surface area contributed by atoms with Crippen molar-refractivity contribution in [3.63, 3.8) is 0 Å². The third-order valence-electron chi connectivity index (χ3n) is 2.86. The van der Waals surface area contributed by atoms with Gasteiger partial charge in [-0.3, -0.25) is 0 Å². The Bertz CT molecular complexity index is 417. The number of benzene rings is 1. The number of carbonyl (C=O) groups excluding carboxylic acids is 1. The van der Waals surface area contributed by atoms with Gasteiger partial charge >= 0.3 is 5.97 Å². The lowest BCUT2D eigenvalue weighted by molar-refractivity contribution is 0.0526. The first-order chi connectivity index (χ1) is 7.63.